The van der Waals surface area contributed by atoms with Crippen LogP contribution in [0.2, 0.25) is 0 Å². The van der Waals surface area contributed by atoms with Crippen molar-refractivity contribution in [1.29, 1.82) is 0 Å². The highest BCUT2D eigenvalue weighted by Gasteiger charge is 2.28. The molecule has 0 aliphatic carbocycles. The highest BCUT2D eigenvalue weighted by molar-refractivity contribution is 5.98. The molecule has 4 aromatic rings. The number of nitrogens with one attached hydrogen (secondary N) is 3. The Kier molecular flexibility index (Phi) is 8.45. The third-order valence-electron chi connectivity index (χ3n) is 6.13. The van der Waals surface area contributed by atoms with Gasteiger partial charge in [0.15, 0.2) is 0 Å². The summed E-state index contributed by atoms with van der Waals surface area (Å²) >= 11 is 0. The maximum atomic E-state index is 13.7. The van der Waals surface area contributed by atoms with Gasteiger partial charge in [0.1, 0.15) is 6.04 Å². The summed E-state index contributed by atoms with van der Waals surface area (Å²) in [4.78, 5) is 39.6. The van der Waals surface area contributed by atoms with E-state index in [1.54, 1.807) is 12.1 Å². The van der Waals surface area contributed by atoms with Crippen molar-refractivity contribution in [2.24, 2.45) is 0 Å². The average molecular weight is 492 g/mol. The van der Waals surface area contributed by atoms with Crippen LogP contribution in [0.5, 0.6) is 0 Å². The van der Waals surface area contributed by atoms with Gasteiger partial charge < -0.3 is 5.32 Å². The highest BCUT2D eigenvalue weighted by Crippen LogP contribution is 2.25. The first-order chi connectivity index (χ1) is 18.0. The number of benzene rings is 4. The van der Waals surface area contributed by atoms with Gasteiger partial charge in [-0.15, -0.1) is 0 Å². The molecule has 37 heavy (non-hydrogen) atoms. The molecule has 0 radical (unpaired) electrons. The van der Waals surface area contributed by atoms with E-state index < -0.39 is 23.8 Å². The zero-order valence-corrected chi connectivity index (χ0v) is 20.6. The Bertz CT molecular complexity index is 1300. The van der Waals surface area contributed by atoms with Crippen LogP contribution in [0.4, 0.5) is 0 Å². The first-order valence-electron chi connectivity index (χ1n) is 12.1. The first-order valence-corrected chi connectivity index (χ1v) is 12.1. The van der Waals surface area contributed by atoms with Crippen LogP contribution in [0, 0.1) is 6.92 Å². The molecule has 0 aliphatic rings. The van der Waals surface area contributed by atoms with E-state index in [9.17, 15) is 14.4 Å². The Labute approximate surface area is 216 Å². The van der Waals surface area contributed by atoms with Crippen molar-refractivity contribution < 1.29 is 14.4 Å². The second-order valence-corrected chi connectivity index (χ2v) is 8.76. The molecule has 1 atom stereocenters. The third kappa shape index (κ3) is 6.70. The molecule has 0 bridgehead atoms. The van der Waals surface area contributed by atoms with Crippen LogP contribution in [0.3, 0.4) is 0 Å². The number of hydrazine groups is 1. The number of aryl methyl sites for hydroxylation is 1. The summed E-state index contributed by atoms with van der Waals surface area (Å²) < 4.78 is 0. The zero-order chi connectivity index (χ0) is 26.0. The van der Waals surface area contributed by atoms with E-state index in [1.807, 2.05) is 110 Å². The maximum Gasteiger partial charge on any atom is 0.269 e. The SMILES string of the molecule is Cc1ccccc1C(=O)NNC(=O)C(Cc1ccccc1)NC(=O)C(c1ccccc1)c1ccccc1. The van der Waals surface area contributed by atoms with E-state index in [4.69, 9.17) is 0 Å². The molecule has 0 heterocycles. The van der Waals surface area contributed by atoms with Crippen molar-refractivity contribution in [2.75, 3.05) is 0 Å². The first kappa shape index (κ1) is 25.4. The predicted octanol–water partition coefficient (Wildman–Crippen LogP) is 4.32. The lowest BCUT2D eigenvalue weighted by Gasteiger charge is -2.23. The van der Waals surface area contributed by atoms with Gasteiger partial charge in [-0.3, -0.25) is 25.2 Å². The minimum absolute atomic E-state index is 0.259. The summed E-state index contributed by atoms with van der Waals surface area (Å²) in [5.74, 6) is -1.85. The van der Waals surface area contributed by atoms with Crippen LogP contribution in [0.25, 0.3) is 0 Å². The molecular formula is C31H29N3O3. The summed E-state index contributed by atoms with van der Waals surface area (Å²) in [5.41, 5.74) is 8.74. The second-order valence-electron chi connectivity index (χ2n) is 8.76. The number of carbonyl (C=O) groups is 3. The van der Waals surface area contributed by atoms with Crippen molar-refractivity contribution >= 4 is 17.7 Å². The lowest BCUT2D eigenvalue weighted by Crippen LogP contribution is -2.54. The smallest absolute Gasteiger partial charge is 0.269 e. The van der Waals surface area contributed by atoms with Crippen LogP contribution in [0.1, 0.15) is 38.5 Å². The van der Waals surface area contributed by atoms with Crippen LogP contribution in [-0.4, -0.2) is 23.8 Å². The third-order valence-corrected chi connectivity index (χ3v) is 6.13. The molecule has 0 fully saturated rings. The summed E-state index contributed by atoms with van der Waals surface area (Å²) in [5, 5.41) is 2.93. The van der Waals surface area contributed by atoms with Gasteiger partial charge in [-0.05, 0) is 35.2 Å². The lowest BCUT2D eigenvalue weighted by molar-refractivity contribution is -0.129. The van der Waals surface area contributed by atoms with E-state index in [0.29, 0.717) is 5.56 Å². The van der Waals surface area contributed by atoms with E-state index in [0.717, 1.165) is 22.3 Å². The maximum absolute atomic E-state index is 13.7. The number of amides is 3. The van der Waals surface area contributed by atoms with Crippen molar-refractivity contribution in [1.82, 2.24) is 16.2 Å². The van der Waals surface area contributed by atoms with Gasteiger partial charge in [0.05, 0.1) is 5.92 Å². The average Bonchev–Trinajstić information content (AvgIpc) is 2.93. The Hall–Kier alpha value is -4.71. The molecule has 0 aromatic heterocycles. The monoisotopic (exact) mass is 491 g/mol. The largest absolute Gasteiger partial charge is 0.343 e. The quantitative estimate of drug-likeness (QED) is 0.321. The predicted molar refractivity (Wildman–Crippen MR) is 144 cm³/mol. The molecule has 186 valence electrons. The van der Waals surface area contributed by atoms with Crippen LogP contribution >= 0.6 is 0 Å². The van der Waals surface area contributed by atoms with Gasteiger partial charge in [-0.1, -0.05) is 109 Å². The van der Waals surface area contributed by atoms with Gasteiger partial charge in [0.25, 0.3) is 11.8 Å². The molecule has 3 amide bonds. The van der Waals surface area contributed by atoms with Crippen molar-refractivity contribution in [3.63, 3.8) is 0 Å². The normalized spacial score (nSPS) is 11.4. The van der Waals surface area contributed by atoms with Crippen molar-refractivity contribution in [3.8, 4) is 0 Å². The Morgan fingerprint density at radius 3 is 1.70 bits per heavy atom. The molecule has 3 N–H and O–H groups in total. The minimum Gasteiger partial charge on any atom is -0.343 e. The summed E-state index contributed by atoms with van der Waals surface area (Å²) in [7, 11) is 0. The highest BCUT2D eigenvalue weighted by atomic mass is 16.2. The topological polar surface area (TPSA) is 87.3 Å². The molecule has 6 nitrogen and oxygen atoms in total. The standard InChI is InChI=1S/C31H29N3O3/c1-22-13-11-12-20-26(22)29(35)33-34-30(36)27(21-23-14-5-2-6-15-23)32-31(37)28(24-16-7-3-8-17-24)25-18-9-4-10-19-25/h2-20,27-28H,21H2,1H3,(H,32,37)(H,33,35)(H,34,36). The van der Waals surface area contributed by atoms with Gasteiger partial charge in [0, 0.05) is 12.0 Å². The Balaban J connectivity index is 1.55. The van der Waals surface area contributed by atoms with Gasteiger partial charge in [-0.25, -0.2) is 0 Å². The number of rotatable bonds is 8. The number of hydrogen-bond acceptors (Lipinski definition) is 3. The van der Waals surface area contributed by atoms with Crippen molar-refractivity contribution in [3.05, 3.63) is 143 Å². The summed E-state index contributed by atoms with van der Waals surface area (Å²) in [6, 6.07) is 34.5. The van der Waals surface area contributed by atoms with E-state index in [1.165, 1.54) is 0 Å². The van der Waals surface area contributed by atoms with E-state index in [-0.39, 0.29) is 12.3 Å². The van der Waals surface area contributed by atoms with E-state index >= 15 is 0 Å². The van der Waals surface area contributed by atoms with Crippen LogP contribution in [-0.2, 0) is 16.0 Å². The summed E-state index contributed by atoms with van der Waals surface area (Å²) in [6.07, 6.45) is 0.259. The van der Waals surface area contributed by atoms with Gasteiger partial charge in [0.2, 0.25) is 5.91 Å². The van der Waals surface area contributed by atoms with Gasteiger partial charge >= 0.3 is 0 Å². The molecule has 6 heteroatoms. The van der Waals surface area contributed by atoms with Crippen molar-refractivity contribution in [2.45, 2.75) is 25.3 Å². The van der Waals surface area contributed by atoms with Gasteiger partial charge in [-0.2, -0.15) is 0 Å². The van der Waals surface area contributed by atoms with Crippen LogP contribution < -0.4 is 16.2 Å². The minimum atomic E-state index is -0.915. The molecule has 4 rings (SSSR count). The molecule has 0 saturated carbocycles. The zero-order valence-electron chi connectivity index (χ0n) is 20.6. The van der Waals surface area contributed by atoms with Crippen LogP contribution in [0.15, 0.2) is 115 Å². The molecule has 1 unspecified atom stereocenters. The number of carbonyl (C=O) groups excluding carboxylic acids is 3. The molecule has 0 saturated heterocycles. The Morgan fingerprint density at radius 2 is 1.14 bits per heavy atom. The molecular weight excluding hydrogens is 462 g/mol. The summed E-state index contributed by atoms with van der Waals surface area (Å²) in [6.45, 7) is 1.82. The molecule has 0 spiro atoms. The fourth-order valence-electron chi connectivity index (χ4n) is 4.20. The lowest BCUT2D eigenvalue weighted by atomic mass is 9.90. The number of hydrogen-bond donors (Lipinski definition) is 3. The Morgan fingerprint density at radius 1 is 0.622 bits per heavy atom. The van der Waals surface area contributed by atoms with E-state index in [2.05, 4.69) is 16.2 Å². The second kappa shape index (κ2) is 12.3. The fourth-order valence-corrected chi connectivity index (χ4v) is 4.20. The fraction of sp³-hybridized carbons (Fsp3) is 0.129. The molecule has 4 aromatic carbocycles. The molecule has 0 aliphatic heterocycles.